The maximum absolute atomic E-state index is 4.70. The van der Waals surface area contributed by atoms with Crippen molar-refractivity contribution < 1.29 is 12.7 Å². The summed E-state index contributed by atoms with van der Waals surface area (Å²) in [5.74, 6) is 1.48. The Labute approximate surface area is 216 Å². The molecule has 0 saturated carbocycles. The summed E-state index contributed by atoms with van der Waals surface area (Å²) in [5, 5.41) is 0. The number of hydrogen-bond donors (Lipinski definition) is 0. The average Bonchev–Trinajstić information content (AvgIpc) is 2.52. The van der Waals surface area contributed by atoms with Gasteiger partial charge in [-0.15, -0.1) is 18.5 Å². The van der Waals surface area contributed by atoms with Gasteiger partial charge in [0.25, 0.3) is 0 Å². The summed E-state index contributed by atoms with van der Waals surface area (Å²) in [6, 6.07) is 0. The second-order valence-corrected chi connectivity index (χ2v) is 15.1. The van der Waals surface area contributed by atoms with E-state index >= 15 is 0 Å². The van der Waals surface area contributed by atoms with E-state index in [0.717, 1.165) is 24.2 Å². The Morgan fingerprint density at radius 3 is 0.871 bits per heavy atom. The number of allylic oxidation sites excluding steroid dienone is 4. The molecule has 0 nitrogen and oxygen atoms in total. The fourth-order valence-corrected chi connectivity index (χ4v) is 5.05. The van der Waals surface area contributed by atoms with Crippen molar-refractivity contribution in [2.45, 2.75) is 95.9 Å². The first-order chi connectivity index (χ1) is 13.8. The van der Waals surface area contributed by atoms with Gasteiger partial charge in [0, 0.05) is 0 Å². The molecule has 192 valence electrons. The zero-order chi connectivity index (χ0) is 25.5. The van der Waals surface area contributed by atoms with E-state index in [9.17, 15) is 0 Å². The van der Waals surface area contributed by atoms with E-state index in [1.54, 1.807) is 0 Å². The summed E-state index contributed by atoms with van der Waals surface area (Å²) in [6.45, 7) is 28.1. The van der Waals surface area contributed by atoms with E-state index in [2.05, 4.69) is 126 Å². The van der Waals surface area contributed by atoms with E-state index in [4.69, 9.17) is 20.4 Å². The van der Waals surface area contributed by atoms with Crippen molar-refractivity contribution in [3.63, 3.8) is 0 Å². The van der Waals surface area contributed by atoms with Crippen LogP contribution < -0.4 is 0 Å². The minimum absolute atomic E-state index is 0.392. The fourth-order valence-electron chi connectivity index (χ4n) is 4.67. The van der Waals surface area contributed by atoms with Crippen LogP contribution in [0.5, 0.6) is 0 Å². The molecule has 31 heavy (non-hydrogen) atoms. The van der Waals surface area contributed by atoms with Crippen LogP contribution in [-0.2, 0) is 12.7 Å². The van der Waals surface area contributed by atoms with Crippen molar-refractivity contribution in [1.29, 1.82) is 0 Å². The van der Waals surface area contributed by atoms with Crippen LogP contribution >= 0.6 is 38.9 Å². The first-order valence-electron chi connectivity index (χ1n) is 11.3. The van der Waals surface area contributed by atoms with Crippen molar-refractivity contribution in [2.75, 3.05) is 12.3 Å². The van der Waals surface area contributed by atoms with Crippen molar-refractivity contribution >= 4 is 38.9 Å². The van der Waals surface area contributed by atoms with Crippen LogP contribution in [0.4, 0.5) is 0 Å². The summed E-state index contributed by atoms with van der Waals surface area (Å²) in [7, 11) is 14.9. The first kappa shape index (κ1) is 37.0. The Hall–Kier alpha value is 1.41. The van der Waals surface area contributed by atoms with Gasteiger partial charge in [0.1, 0.15) is 0 Å². The molecule has 2 atom stereocenters. The normalized spacial score (nSPS) is 13.6. The quantitative estimate of drug-likeness (QED) is 0.173. The van der Waals surface area contributed by atoms with E-state index in [0.29, 0.717) is 34.3 Å². The molecule has 0 heterocycles. The molecule has 0 N–H and O–H groups in total. The predicted octanol–water partition coefficient (Wildman–Crippen LogP) is 10.4. The third kappa shape index (κ3) is 21.7. The fraction of sp³-hybridized carbons (Fsp3) is 0.846. The first-order valence-corrected chi connectivity index (χ1v) is 15.7. The second kappa shape index (κ2) is 17.8. The third-order valence-corrected chi connectivity index (χ3v) is 6.07. The number of hydrogen-bond acceptors (Lipinski definition) is 0. The molecule has 0 aromatic heterocycles. The van der Waals surface area contributed by atoms with Crippen LogP contribution in [0, 0.1) is 33.5 Å². The van der Waals surface area contributed by atoms with Crippen LogP contribution in [0.25, 0.3) is 0 Å². The molecular formula is C26H54Cl2NiP2. The van der Waals surface area contributed by atoms with Crippen LogP contribution in [0.2, 0.25) is 0 Å². The summed E-state index contributed by atoms with van der Waals surface area (Å²) >= 11 is 0.569. The van der Waals surface area contributed by atoms with Gasteiger partial charge in [0.15, 0.2) is 0 Å². The van der Waals surface area contributed by atoms with Gasteiger partial charge >= 0.3 is 33.0 Å². The van der Waals surface area contributed by atoms with Crippen molar-refractivity contribution in [2.24, 2.45) is 33.5 Å². The van der Waals surface area contributed by atoms with Gasteiger partial charge in [-0.2, -0.15) is 0 Å². The van der Waals surface area contributed by atoms with Crippen molar-refractivity contribution in [3.8, 4) is 0 Å². The Morgan fingerprint density at radius 2 is 0.742 bits per heavy atom. The van der Waals surface area contributed by atoms with Gasteiger partial charge in [0.2, 0.25) is 0 Å². The van der Waals surface area contributed by atoms with E-state index in [1.165, 1.54) is 12.8 Å². The van der Waals surface area contributed by atoms with Crippen LogP contribution in [0.3, 0.4) is 0 Å². The number of rotatable bonds is 6. The standard InChI is InChI=1S/2C13H27P.2ClH.Ni/c2*1-12(2,3)11(13(4,5)6)9-7-8-10-14;;;/h2*7-8,11H,9-10,14H2,1-6H3;2*1H;/q;;;;+2/p-2. The summed E-state index contributed by atoms with van der Waals surface area (Å²) < 4.78 is 0. The molecule has 0 aliphatic rings. The average molecular weight is 558 g/mol. The molecule has 0 radical (unpaired) electrons. The molecule has 5 heteroatoms. The second-order valence-electron chi connectivity index (χ2n) is 12.5. The third-order valence-electron chi connectivity index (χ3n) is 5.53. The molecule has 0 aliphatic heterocycles. The van der Waals surface area contributed by atoms with Crippen LogP contribution in [0.1, 0.15) is 95.9 Å². The SMILES string of the molecule is CC(C)(C)C(CC=CCP)C(C)(C)C.CC(C)(C)C(CC=CCP)C(C)(C)C.[Cl][Ni][Cl]. The zero-order valence-electron chi connectivity index (χ0n) is 22.5. The van der Waals surface area contributed by atoms with Gasteiger partial charge in [-0.3, -0.25) is 0 Å². The van der Waals surface area contributed by atoms with E-state index in [-0.39, 0.29) is 0 Å². The van der Waals surface area contributed by atoms with E-state index in [1.807, 2.05) is 0 Å². The molecule has 0 saturated heterocycles. The zero-order valence-corrected chi connectivity index (χ0v) is 27.3. The predicted molar refractivity (Wildman–Crippen MR) is 153 cm³/mol. The van der Waals surface area contributed by atoms with Crippen LogP contribution in [0.15, 0.2) is 24.3 Å². The molecule has 0 spiro atoms. The molecule has 0 fully saturated rings. The topological polar surface area (TPSA) is 0 Å². The summed E-state index contributed by atoms with van der Waals surface area (Å²) in [5.41, 5.74) is 1.57. The molecule has 0 rings (SSSR count). The molecule has 0 amide bonds. The molecule has 2 unspecified atom stereocenters. The van der Waals surface area contributed by atoms with Crippen LogP contribution in [-0.4, -0.2) is 12.3 Å². The number of halogens is 2. The Balaban J connectivity index is -0.000000448. The maximum atomic E-state index is 4.70. The minimum atomic E-state index is 0.392. The Morgan fingerprint density at radius 1 is 0.548 bits per heavy atom. The molecule has 0 aromatic rings. The molecule has 0 bridgehead atoms. The Bertz CT molecular complexity index is 404. The molecular weight excluding hydrogens is 504 g/mol. The van der Waals surface area contributed by atoms with E-state index < -0.39 is 0 Å². The Kier molecular flexibility index (Phi) is 21.2. The van der Waals surface area contributed by atoms with Gasteiger partial charge in [-0.05, 0) is 58.7 Å². The van der Waals surface area contributed by atoms with Crippen molar-refractivity contribution in [3.05, 3.63) is 24.3 Å². The van der Waals surface area contributed by atoms with Gasteiger partial charge in [0.05, 0.1) is 0 Å². The molecule has 0 aromatic carbocycles. The molecule has 0 aliphatic carbocycles. The monoisotopic (exact) mass is 556 g/mol. The van der Waals surface area contributed by atoms with Gasteiger partial charge < -0.3 is 0 Å². The van der Waals surface area contributed by atoms with Gasteiger partial charge in [-0.1, -0.05) is 107 Å². The summed E-state index contributed by atoms with van der Waals surface area (Å²) in [6.07, 6.45) is 13.7. The summed E-state index contributed by atoms with van der Waals surface area (Å²) in [4.78, 5) is 0. The van der Waals surface area contributed by atoms with Crippen molar-refractivity contribution in [1.82, 2.24) is 0 Å². The van der Waals surface area contributed by atoms with Gasteiger partial charge in [-0.25, -0.2) is 0 Å².